The number of rotatable bonds is 1. The van der Waals surface area contributed by atoms with Crippen molar-refractivity contribution in [3.8, 4) is 0 Å². The Kier molecular flexibility index (Phi) is 3.03. The summed E-state index contributed by atoms with van der Waals surface area (Å²) < 4.78 is 5.38. The van der Waals surface area contributed by atoms with Gasteiger partial charge >= 0.3 is 5.63 Å². The maximum atomic E-state index is 12.3. The molecule has 3 heterocycles. The fraction of sp³-hybridized carbons (Fsp3) is 0.143. The fourth-order valence-corrected chi connectivity index (χ4v) is 3.97. The second-order valence-corrected chi connectivity index (χ2v) is 6.37. The Balaban J connectivity index is 1.92. The number of fused-ring (bicyclic) bond motifs is 2. The summed E-state index contributed by atoms with van der Waals surface area (Å²) in [4.78, 5) is 18.7. The van der Waals surface area contributed by atoms with Crippen molar-refractivity contribution in [3.63, 3.8) is 0 Å². The van der Waals surface area contributed by atoms with E-state index in [1.54, 1.807) is 18.2 Å². The van der Waals surface area contributed by atoms with Crippen LogP contribution in [0.3, 0.4) is 0 Å². The summed E-state index contributed by atoms with van der Waals surface area (Å²) in [6, 6.07) is 5.06. The molecule has 4 rings (SSSR count). The maximum Gasteiger partial charge on any atom is 0.345 e. The first-order valence-corrected chi connectivity index (χ1v) is 7.89. The monoisotopic (exact) mass is 338 g/mol. The van der Waals surface area contributed by atoms with Crippen molar-refractivity contribution < 1.29 is 4.42 Å². The smallest absolute Gasteiger partial charge is 0.345 e. The number of hydrogen-bond acceptors (Lipinski definition) is 5. The molecular formula is C14H8Cl2N2O2S. The van der Waals surface area contributed by atoms with Gasteiger partial charge in [0, 0.05) is 22.4 Å². The van der Waals surface area contributed by atoms with Gasteiger partial charge in [-0.1, -0.05) is 35.0 Å². The van der Waals surface area contributed by atoms with Gasteiger partial charge in [0.15, 0.2) is 10.8 Å². The van der Waals surface area contributed by atoms with E-state index in [9.17, 15) is 4.79 Å². The summed E-state index contributed by atoms with van der Waals surface area (Å²) in [6.45, 7) is 1.53. The van der Waals surface area contributed by atoms with Gasteiger partial charge in [-0.15, -0.1) is 0 Å². The van der Waals surface area contributed by atoms with Crippen LogP contribution < -0.4 is 5.63 Å². The Bertz CT molecular complexity index is 888. The van der Waals surface area contributed by atoms with Crippen LogP contribution in [0.2, 0.25) is 10.0 Å². The zero-order chi connectivity index (χ0) is 14.6. The van der Waals surface area contributed by atoms with E-state index in [0.717, 1.165) is 24.0 Å². The molecule has 1 aromatic heterocycles. The maximum absolute atomic E-state index is 12.3. The largest absolute Gasteiger partial charge is 0.421 e. The van der Waals surface area contributed by atoms with E-state index in [0.29, 0.717) is 26.6 Å². The summed E-state index contributed by atoms with van der Waals surface area (Å²) in [5.41, 5.74) is 1.27. The first-order valence-electron chi connectivity index (χ1n) is 6.25. The van der Waals surface area contributed by atoms with Crippen LogP contribution in [0.25, 0.3) is 16.7 Å². The van der Waals surface area contributed by atoms with Crippen molar-refractivity contribution in [2.24, 2.45) is 4.99 Å². The van der Waals surface area contributed by atoms with Gasteiger partial charge in [-0.25, -0.2) is 4.79 Å². The van der Waals surface area contributed by atoms with Crippen molar-refractivity contribution in [3.05, 3.63) is 49.6 Å². The van der Waals surface area contributed by atoms with Crippen LogP contribution in [0.5, 0.6) is 0 Å². The number of thioether (sulfide) groups is 1. The molecule has 0 aliphatic carbocycles. The molecule has 0 amide bonds. The number of aliphatic imine (C=N–C) groups is 1. The standard InChI is InChI=1S/C14H8Cl2N2O2S/c15-8-3-7-4-9(13(19)20-12(7)10(16)5-8)11-6-21-14-17-1-2-18(11)14/h3-6H,1-2H2. The van der Waals surface area contributed by atoms with E-state index in [4.69, 9.17) is 27.6 Å². The lowest BCUT2D eigenvalue weighted by Crippen LogP contribution is -2.23. The van der Waals surface area contributed by atoms with Crippen LogP contribution in [0.4, 0.5) is 0 Å². The highest BCUT2D eigenvalue weighted by Gasteiger charge is 2.29. The van der Waals surface area contributed by atoms with E-state index in [2.05, 4.69) is 4.99 Å². The molecule has 21 heavy (non-hydrogen) atoms. The van der Waals surface area contributed by atoms with Crippen LogP contribution in [0, 0.1) is 0 Å². The van der Waals surface area contributed by atoms with E-state index < -0.39 is 5.63 Å². The third-order valence-corrected chi connectivity index (χ3v) is 4.80. The van der Waals surface area contributed by atoms with Gasteiger partial charge in [0.25, 0.3) is 0 Å². The molecular weight excluding hydrogens is 331 g/mol. The predicted octanol–water partition coefficient (Wildman–Crippen LogP) is 3.82. The van der Waals surface area contributed by atoms with Crippen molar-refractivity contribution in [1.82, 2.24) is 4.90 Å². The molecule has 0 unspecified atom stereocenters. The zero-order valence-electron chi connectivity index (χ0n) is 10.6. The van der Waals surface area contributed by atoms with Crippen LogP contribution in [-0.2, 0) is 0 Å². The average molecular weight is 339 g/mol. The predicted molar refractivity (Wildman–Crippen MR) is 87.1 cm³/mol. The first-order chi connectivity index (χ1) is 10.1. The van der Waals surface area contributed by atoms with Crippen LogP contribution in [0.1, 0.15) is 5.56 Å². The van der Waals surface area contributed by atoms with E-state index in [1.165, 1.54) is 11.8 Å². The Morgan fingerprint density at radius 3 is 3.00 bits per heavy atom. The molecule has 4 nitrogen and oxygen atoms in total. The van der Waals surface area contributed by atoms with Crippen molar-refractivity contribution >= 4 is 56.8 Å². The highest BCUT2D eigenvalue weighted by atomic mass is 35.5. The van der Waals surface area contributed by atoms with Gasteiger partial charge in [-0.3, -0.25) is 4.99 Å². The first kappa shape index (κ1) is 13.2. The van der Waals surface area contributed by atoms with Crippen LogP contribution in [-0.4, -0.2) is 23.2 Å². The number of amidine groups is 1. The second kappa shape index (κ2) is 4.80. The summed E-state index contributed by atoms with van der Waals surface area (Å²) in [6.07, 6.45) is 0. The quantitative estimate of drug-likeness (QED) is 0.741. The molecule has 2 aliphatic rings. The molecule has 0 radical (unpaired) electrons. The number of benzene rings is 1. The summed E-state index contributed by atoms with van der Waals surface area (Å²) in [5.74, 6) is 0. The molecule has 2 aromatic rings. The fourth-order valence-electron chi connectivity index (χ4n) is 2.47. The number of nitrogens with zero attached hydrogens (tertiary/aromatic N) is 2. The Hall–Kier alpha value is -1.43. The van der Waals surface area contributed by atoms with Crippen molar-refractivity contribution in [2.75, 3.05) is 13.1 Å². The van der Waals surface area contributed by atoms with Gasteiger partial charge < -0.3 is 9.32 Å². The number of hydrogen-bond donors (Lipinski definition) is 0. The number of halogens is 2. The lowest BCUT2D eigenvalue weighted by molar-refractivity contribution is 0.552. The van der Waals surface area contributed by atoms with Gasteiger partial charge in [-0.05, 0) is 18.2 Å². The van der Waals surface area contributed by atoms with E-state index in [1.807, 2.05) is 10.3 Å². The molecule has 0 saturated carbocycles. The summed E-state index contributed by atoms with van der Waals surface area (Å²) >= 11 is 13.6. The second-order valence-electron chi connectivity index (χ2n) is 4.69. The third kappa shape index (κ3) is 2.08. The van der Waals surface area contributed by atoms with Crippen LogP contribution in [0.15, 0.2) is 37.8 Å². The van der Waals surface area contributed by atoms with E-state index in [-0.39, 0.29) is 0 Å². The third-order valence-electron chi connectivity index (χ3n) is 3.40. The Morgan fingerprint density at radius 2 is 2.14 bits per heavy atom. The molecule has 0 N–H and O–H groups in total. The van der Waals surface area contributed by atoms with Gasteiger partial charge in [0.1, 0.15) is 0 Å². The topological polar surface area (TPSA) is 45.8 Å². The summed E-state index contributed by atoms with van der Waals surface area (Å²) in [7, 11) is 0. The SMILES string of the molecule is O=c1oc2c(Cl)cc(Cl)cc2cc1C1=CSC2=NCCN12. The molecule has 0 fully saturated rings. The van der Waals surface area contributed by atoms with Crippen LogP contribution >= 0.6 is 35.0 Å². The Morgan fingerprint density at radius 1 is 1.29 bits per heavy atom. The molecule has 0 bridgehead atoms. The lowest BCUT2D eigenvalue weighted by atomic mass is 10.1. The highest BCUT2D eigenvalue weighted by molar-refractivity contribution is 8.16. The molecule has 0 spiro atoms. The molecule has 0 atom stereocenters. The molecule has 1 aromatic carbocycles. The van der Waals surface area contributed by atoms with Crippen molar-refractivity contribution in [2.45, 2.75) is 0 Å². The normalized spacial score (nSPS) is 17.1. The molecule has 7 heteroatoms. The van der Waals surface area contributed by atoms with Gasteiger partial charge in [0.2, 0.25) is 0 Å². The minimum absolute atomic E-state index is 0.333. The molecule has 0 saturated heterocycles. The summed E-state index contributed by atoms with van der Waals surface area (Å²) in [5, 5.41) is 4.39. The van der Waals surface area contributed by atoms with E-state index >= 15 is 0 Å². The molecule has 106 valence electrons. The van der Waals surface area contributed by atoms with Gasteiger partial charge in [-0.2, -0.15) is 0 Å². The minimum Gasteiger partial charge on any atom is -0.421 e. The highest BCUT2D eigenvalue weighted by Crippen LogP contribution is 2.35. The zero-order valence-corrected chi connectivity index (χ0v) is 12.9. The molecule has 2 aliphatic heterocycles. The Labute approximate surface area is 134 Å². The average Bonchev–Trinajstić information content (AvgIpc) is 3.02. The van der Waals surface area contributed by atoms with Gasteiger partial charge in [0.05, 0.1) is 22.8 Å². The van der Waals surface area contributed by atoms with Crippen molar-refractivity contribution in [1.29, 1.82) is 0 Å². The lowest BCUT2D eigenvalue weighted by Gasteiger charge is -2.15. The minimum atomic E-state index is -0.410.